The fourth-order valence-electron chi connectivity index (χ4n) is 3.60. The van der Waals surface area contributed by atoms with Crippen LogP contribution >= 0.6 is 0 Å². The molecule has 0 aliphatic carbocycles. The third-order valence-corrected chi connectivity index (χ3v) is 5.06. The lowest BCUT2D eigenvalue weighted by atomic mass is 9.94. The van der Waals surface area contributed by atoms with Crippen LogP contribution in [0.4, 0.5) is 11.7 Å². The van der Waals surface area contributed by atoms with Crippen molar-refractivity contribution < 1.29 is 18.8 Å². The summed E-state index contributed by atoms with van der Waals surface area (Å²) in [5.74, 6) is 1.76. The molecular formula is C20H17N5O5. The van der Waals surface area contributed by atoms with Gasteiger partial charge in [-0.3, -0.25) is 10.1 Å². The molecule has 3 aromatic rings. The number of aryl methyl sites for hydroxylation is 1. The van der Waals surface area contributed by atoms with Crippen molar-refractivity contribution in [2.45, 2.75) is 26.3 Å². The highest BCUT2D eigenvalue weighted by molar-refractivity contribution is 6.14. The molecule has 0 fully saturated rings. The van der Waals surface area contributed by atoms with Crippen molar-refractivity contribution in [1.82, 2.24) is 10.2 Å². The van der Waals surface area contributed by atoms with Crippen LogP contribution < -0.4 is 14.5 Å². The number of ether oxygens (including phenoxy) is 2. The van der Waals surface area contributed by atoms with Gasteiger partial charge >= 0.3 is 6.01 Å². The maximum absolute atomic E-state index is 11.1. The van der Waals surface area contributed by atoms with Gasteiger partial charge < -0.3 is 13.9 Å². The molecule has 152 valence electrons. The average molecular weight is 407 g/mol. The molecule has 0 spiro atoms. The lowest BCUT2D eigenvalue weighted by molar-refractivity contribution is -0.384. The summed E-state index contributed by atoms with van der Waals surface area (Å²) in [5.41, 5.74) is 3.23. The number of non-ortho nitro benzene ring substituents is 1. The van der Waals surface area contributed by atoms with Gasteiger partial charge in [0.15, 0.2) is 11.5 Å². The van der Waals surface area contributed by atoms with Crippen LogP contribution in [0, 0.1) is 17.0 Å². The van der Waals surface area contributed by atoms with Gasteiger partial charge in [0.1, 0.15) is 0 Å². The normalized spacial score (nSPS) is 17.3. The van der Waals surface area contributed by atoms with Crippen molar-refractivity contribution in [3.63, 3.8) is 0 Å². The fraction of sp³-hybridized carbons (Fsp3) is 0.250. The van der Waals surface area contributed by atoms with Crippen LogP contribution in [0.15, 0.2) is 45.9 Å². The van der Waals surface area contributed by atoms with E-state index in [1.165, 1.54) is 12.1 Å². The Labute approximate surface area is 170 Å². The SMILES string of the molecule is Cc1nnc(N2N=C(c3ccc([N+](=O)[O-])cc3)c3cc4c(cc3CC2C)OCO4)o1. The topological polar surface area (TPSA) is 116 Å². The summed E-state index contributed by atoms with van der Waals surface area (Å²) in [6, 6.07) is 10.3. The molecule has 1 aromatic heterocycles. The summed E-state index contributed by atoms with van der Waals surface area (Å²) in [6.07, 6.45) is 0.646. The zero-order valence-corrected chi connectivity index (χ0v) is 16.2. The summed E-state index contributed by atoms with van der Waals surface area (Å²) in [4.78, 5) is 10.6. The number of nitro benzene ring substituents is 1. The summed E-state index contributed by atoms with van der Waals surface area (Å²) >= 11 is 0. The van der Waals surface area contributed by atoms with Crippen molar-refractivity contribution >= 4 is 17.4 Å². The number of rotatable bonds is 3. The van der Waals surface area contributed by atoms with E-state index < -0.39 is 4.92 Å². The largest absolute Gasteiger partial charge is 0.454 e. The number of benzene rings is 2. The van der Waals surface area contributed by atoms with Crippen LogP contribution in [0.1, 0.15) is 29.5 Å². The molecule has 0 N–H and O–H groups in total. The first-order valence-electron chi connectivity index (χ1n) is 9.35. The van der Waals surface area contributed by atoms with Gasteiger partial charge in [0.25, 0.3) is 5.69 Å². The number of aromatic nitrogens is 2. The number of fused-ring (bicyclic) bond motifs is 2. The van der Waals surface area contributed by atoms with Crippen molar-refractivity contribution in [2.24, 2.45) is 5.10 Å². The number of anilines is 1. The molecule has 30 heavy (non-hydrogen) atoms. The fourth-order valence-corrected chi connectivity index (χ4v) is 3.60. The minimum atomic E-state index is -0.430. The highest BCUT2D eigenvalue weighted by Crippen LogP contribution is 2.38. The Morgan fingerprint density at radius 2 is 1.87 bits per heavy atom. The first kappa shape index (κ1) is 18.1. The van der Waals surface area contributed by atoms with E-state index >= 15 is 0 Å². The maximum atomic E-state index is 11.1. The van der Waals surface area contributed by atoms with E-state index in [1.807, 2.05) is 19.1 Å². The van der Waals surface area contributed by atoms with Crippen LogP contribution in [0.25, 0.3) is 0 Å². The van der Waals surface area contributed by atoms with E-state index in [0.717, 1.165) is 16.7 Å². The van der Waals surface area contributed by atoms with Crippen molar-refractivity contribution in [3.8, 4) is 11.5 Å². The van der Waals surface area contributed by atoms with E-state index in [0.29, 0.717) is 29.5 Å². The average Bonchev–Trinajstić information content (AvgIpc) is 3.33. The molecule has 1 atom stereocenters. The molecule has 0 amide bonds. The molecule has 0 radical (unpaired) electrons. The zero-order chi connectivity index (χ0) is 20.8. The molecule has 2 aromatic carbocycles. The zero-order valence-electron chi connectivity index (χ0n) is 16.2. The van der Waals surface area contributed by atoms with E-state index in [9.17, 15) is 10.1 Å². The first-order valence-corrected chi connectivity index (χ1v) is 9.35. The van der Waals surface area contributed by atoms with Crippen molar-refractivity contribution in [1.29, 1.82) is 0 Å². The Balaban J connectivity index is 1.68. The molecule has 5 rings (SSSR count). The molecule has 2 aliphatic rings. The third kappa shape index (κ3) is 3.02. The monoisotopic (exact) mass is 407 g/mol. The van der Waals surface area contributed by atoms with Crippen molar-refractivity contribution in [2.75, 3.05) is 11.8 Å². The minimum absolute atomic E-state index is 0.0108. The van der Waals surface area contributed by atoms with Crippen molar-refractivity contribution in [3.05, 3.63) is 69.1 Å². The number of nitrogens with zero attached hydrogens (tertiary/aromatic N) is 5. The standard InChI is InChI=1S/C20H17N5O5/c1-11-7-14-8-17-18(29-10-28-17)9-16(14)19(13-3-5-15(6-4-13)25(26)27)23-24(11)20-22-21-12(2)30-20/h3-6,8-9,11H,7,10H2,1-2H3. The predicted molar refractivity (Wildman–Crippen MR) is 106 cm³/mol. The van der Waals surface area contributed by atoms with E-state index in [1.54, 1.807) is 24.1 Å². The lowest BCUT2D eigenvalue weighted by Crippen LogP contribution is -2.29. The lowest BCUT2D eigenvalue weighted by Gasteiger charge is -2.20. The minimum Gasteiger partial charge on any atom is -0.454 e. The molecule has 0 saturated heterocycles. The third-order valence-electron chi connectivity index (χ3n) is 5.06. The summed E-state index contributed by atoms with van der Waals surface area (Å²) in [5, 5.41) is 25.6. The highest BCUT2D eigenvalue weighted by atomic mass is 16.7. The van der Waals surface area contributed by atoms with Gasteiger partial charge in [0, 0.05) is 30.2 Å². The van der Waals surface area contributed by atoms with Gasteiger partial charge in [-0.15, -0.1) is 5.10 Å². The molecule has 2 aliphatic heterocycles. The number of hydrogen-bond acceptors (Lipinski definition) is 9. The van der Waals surface area contributed by atoms with E-state index in [2.05, 4.69) is 10.2 Å². The van der Waals surface area contributed by atoms with Crippen LogP contribution in [0.2, 0.25) is 0 Å². The van der Waals surface area contributed by atoms with Gasteiger partial charge in [0.05, 0.1) is 16.7 Å². The van der Waals surface area contributed by atoms with Crippen LogP contribution in [-0.4, -0.2) is 33.7 Å². The first-order chi connectivity index (χ1) is 14.5. The molecule has 10 nitrogen and oxygen atoms in total. The van der Waals surface area contributed by atoms with Crippen LogP contribution in [-0.2, 0) is 6.42 Å². The predicted octanol–water partition coefficient (Wildman–Crippen LogP) is 3.22. The Bertz CT molecular complexity index is 1170. The van der Waals surface area contributed by atoms with E-state index in [4.69, 9.17) is 19.0 Å². The maximum Gasteiger partial charge on any atom is 0.339 e. The molecule has 1 unspecified atom stereocenters. The number of nitro groups is 1. The van der Waals surface area contributed by atoms with Gasteiger partial charge in [0.2, 0.25) is 12.7 Å². The molecule has 3 heterocycles. The van der Waals surface area contributed by atoms with Gasteiger partial charge in [-0.1, -0.05) is 5.10 Å². The second kappa shape index (κ2) is 6.83. The Hall–Kier alpha value is -3.95. The Kier molecular flexibility index (Phi) is 4.12. The summed E-state index contributed by atoms with van der Waals surface area (Å²) < 4.78 is 16.7. The van der Waals surface area contributed by atoms with Gasteiger partial charge in [-0.25, -0.2) is 5.01 Å². The molecule has 0 bridgehead atoms. The molecule has 10 heteroatoms. The second-order valence-corrected chi connectivity index (χ2v) is 7.12. The molecular weight excluding hydrogens is 390 g/mol. The van der Waals surface area contributed by atoms with Gasteiger partial charge in [-0.2, -0.15) is 5.10 Å². The number of hydrazone groups is 1. The molecule has 0 saturated carbocycles. The number of hydrogen-bond donors (Lipinski definition) is 0. The quantitative estimate of drug-likeness (QED) is 0.480. The van der Waals surface area contributed by atoms with E-state index in [-0.39, 0.29) is 24.5 Å². The summed E-state index contributed by atoms with van der Waals surface area (Å²) in [6.45, 7) is 3.90. The highest BCUT2D eigenvalue weighted by Gasteiger charge is 2.29. The Morgan fingerprint density at radius 1 is 1.13 bits per heavy atom. The van der Waals surface area contributed by atoms with Gasteiger partial charge in [-0.05, 0) is 43.2 Å². The van der Waals surface area contributed by atoms with Crippen LogP contribution in [0.3, 0.4) is 0 Å². The smallest absolute Gasteiger partial charge is 0.339 e. The second-order valence-electron chi connectivity index (χ2n) is 7.12. The Morgan fingerprint density at radius 3 is 2.53 bits per heavy atom. The van der Waals surface area contributed by atoms with Crippen LogP contribution in [0.5, 0.6) is 11.5 Å². The summed E-state index contributed by atoms with van der Waals surface area (Å²) in [7, 11) is 0.